The third-order valence-corrected chi connectivity index (χ3v) is 5.12. The van der Waals surface area contributed by atoms with Crippen LogP contribution in [0.4, 0.5) is 0 Å². The molecule has 2 heterocycles. The Hall–Kier alpha value is -2.48. The summed E-state index contributed by atoms with van der Waals surface area (Å²) in [6, 6.07) is 14.0. The van der Waals surface area contributed by atoms with Gasteiger partial charge < -0.3 is 25.2 Å². The average molecular weight is 475 g/mol. The molecule has 2 aliphatic heterocycles. The first-order chi connectivity index (χ1) is 14.4. The third-order valence-electron chi connectivity index (χ3n) is 5.12. The van der Waals surface area contributed by atoms with Crippen molar-refractivity contribution in [2.45, 2.75) is 39.8 Å². The molecule has 1 radical (unpaired) electrons. The molecule has 32 heavy (non-hydrogen) atoms. The summed E-state index contributed by atoms with van der Waals surface area (Å²) in [5, 5.41) is 23.0. The molecule has 0 unspecified atom stereocenters. The van der Waals surface area contributed by atoms with E-state index < -0.39 is 0 Å². The predicted octanol–water partition coefficient (Wildman–Crippen LogP) is 3.00. The molecule has 0 spiro atoms. The van der Waals surface area contributed by atoms with Gasteiger partial charge in [-0.05, 0) is 11.8 Å². The number of aliphatic imine (C=N–C) groups is 2. The number of benzene rings is 2. The van der Waals surface area contributed by atoms with Gasteiger partial charge in [-0.3, -0.25) is 0 Å². The zero-order valence-electron chi connectivity index (χ0n) is 18.7. The number of nitrogens with zero attached hydrogens (tertiary/aromatic N) is 2. The van der Waals surface area contributed by atoms with Gasteiger partial charge in [0.15, 0.2) is 0 Å². The van der Waals surface area contributed by atoms with Gasteiger partial charge in [-0.25, -0.2) is 9.98 Å². The minimum absolute atomic E-state index is 0. The van der Waals surface area contributed by atoms with E-state index in [1.807, 2.05) is 12.1 Å². The number of rotatable bonds is 4. The van der Waals surface area contributed by atoms with Crippen LogP contribution in [0.3, 0.4) is 0 Å². The average Bonchev–Trinajstić information content (AvgIpc) is 3.39. The van der Waals surface area contributed by atoms with E-state index >= 15 is 0 Å². The van der Waals surface area contributed by atoms with Gasteiger partial charge in [-0.2, -0.15) is 0 Å². The molecule has 0 fully saturated rings. The van der Waals surface area contributed by atoms with Crippen molar-refractivity contribution in [1.82, 2.24) is 0 Å². The van der Waals surface area contributed by atoms with Crippen molar-refractivity contribution in [3.63, 3.8) is 0 Å². The smallest absolute Gasteiger partial charge is 2.00 e. The van der Waals surface area contributed by atoms with Crippen molar-refractivity contribution in [2.24, 2.45) is 21.8 Å². The van der Waals surface area contributed by atoms with Crippen molar-refractivity contribution in [3.05, 3.63) is 59.7 Å². The summed E-state index contributed by atoms with van der Waals surface area (Å²) < 4.78 is 10.9. The fourth-order valence-corrected chi connectivity index (χ4v) is 3.04. The normalized spacial score (nSPS) is 18.9. The van der Waals surface area contributed by atoms with E-state index in [9.17, 15) is 10.2 Å². The summed E-state index contributed by atoms with van der Waals surface area (Å²) in [5.74, 6) is 1.84. The van der Waals surface area contributed by atoms with Gasteiger partial charge in [0.1, 0.15) is 13.2 Å². The van der Waals surface area contributed by atoms with Crippen LogP contribution in [0.25, 0.3) is 0 Å². The molecular weight excluding hydrogens is 447 g/mol. The molecule has 0 bridgehead atoms. The van der Waals surface area contributed by atoms with Crippen LogP contribution >= 0.6 is 0 Å². The van der Waals surface area contributed by atoms with E-state index in [1.54, 1.807) is 24.3 Å². The molecule has 0 saturated carbocycles. The molecule has 2 aromatic rings. The quantitative estimate of drug-likeness (QED) is 0.675. The maximum absolute atomic E-state index is 11.5. The summed E-state index contributed by atoms with van der Waals surface area (Å²) in [7, 11) is 0. The van der Waals surface area contributed by atoms with Crippen molar-refractivity contribution >= 4 is 11.8 Å². The van der Waals surface area contributed by atoms with E-state index in [1.165, 1.54) is 12.1 Å². The molecule has 0 aromatic heterocycles. The number of ether oxygens (including phenoxy) is 2. The Bertz CT molecular complexity index is 855. The fourth-order valence-electron chi connectivity index (χ4n) is 3.04. The van der Waals surface area contributed by atoms with E-state index in [4.69, 9.17) is 9.47 Å². The largest absolute Gasteiger partial charge is 4.00 e. The Labute approximate surface area is 201 Å². The van der Waals surface area contributed by atoms with Gasteiger partial charge in [0.2, 0.25) is 11.8 Å². The molecule has 2 aromatic carbocycles. The maximum Gasteiger partial charge on any atom is 4.00 e. The Morgan fingerprint density at radius 3 is 1.34 bits per heavy atom. The van der Waals surface area contributed by atoms with E-state index in [0.717, 1.165) is 0 Å². The summed E-state index contributed by atoms with van der Waals surface area (Å²) in [4.78, 5) is 8.83. The van der Waals surface area contributed by atoms with Gasteiger partial charge in [-0.15, -0.1) is 0 Å². The SMILES string of the molecule is CC(C)[C@H]1COC(c2ccccc2[O-])=N1.CC(C)[C@H]1COC(c2ccccc2[O-])=N1.[O-2].[V+4]. The maximum atomic E-state index is 11.5. The molecular formula is C24H28N2O5V. The third kappa shape index (κ3) is 6.76. The van der Waals surface area contributed by atoms with E-state index in [2.05, 4.69) is 37.7 Å². The molecule has 2 atom stereocenters. The first kappa shape index (κ1) is 27.6. The molecule has 7 nitrogen and oxygen atoms in total. The monoisotopic (exact) mass is 475 g/mol. The fraction of sp³-hybridized carbons (Fsp3) is 0.417. The number of para-hydroxylation sites is 2. The summed E-state index contributed by atoms with van der Waals surface area (Å²) in [6.45, 7) is 9.57. The van der Waals surface area contributed by atoms with Gasteiger partial charge in [0.25, 0.3) is 0 Å². The Morgan fingerprint density at radius 2 is 1.06 bits per heavy atom. The molecule has 2 aliphatic rings. The van der Waals surface area contributed by atoms with E-state index in [0.29, 0.717) is 48.0 Å². The van der Waals surface area contributed by atoms with Crippen LogP contribution in [0, 0.1) is 11.8 Å². The first-order valence-corrected chi connectivity index (χ1v) is 10.3. The second-order valence-corrected chi connectivity index (χ2v) is 8.11. The van der Waals surface area contributed by atoms with E-state index in [-0.39, 0.29) is 47.6 Å². The summed E-state index contributed by atoms with van der Waals surface area (Å²) in [5.41, 5.74) is 1.14. The number of hydrogen-bond donors (Lipinski definition) is 0. The van der Waals surface area contributed by atoms with Crippen molar-refractivity contribution in [1.29, 1.82) is 0 Å². The molecule has 0 aliphatic carbocycles. The second kappa shape index (κ2) is 12.5. The second-order valence-electron chi connectivity index (χ2n) is 8.11. The minimum atomic E-state index is -0.0272. The Balaban J connectivity index is 0.000000301. The van der Waals surface area contributed by atoms with Crippen LogP contribution in [0.15, 0.2) is 58.5 Å². The molecule has 0 amide bonds. The van der Waals surface area contributed by atoms with Gasteiger partial charge in [-0.1, -0.05) is 87.7 Å². The van der Waals surface area contributed by atoms with Gasteiger partial charge in [0.05, 0.1) is 12.1 Å². The molecule has 4 rings (SSSR count). The molecule has 0 saturated heterocycles. The Kier molecular flexibility index (Phi) is 10.8. The van der Waals surface area contributed by atoms with Crippen LogP contribution in [0.2, 0.25) is 0 Å². The summed E-state index contributed by atoms with van der Waals surface area (Å²) in [6.07, 6.45) is 0. The van der Waals surface area contributed by atoms with Crippen molar-refractivity contribution in [3.8, 4) is 11.5 Å². The zero-order valence-corrected chi connectivity index (χ0v) is 20.1. The molecule has 169 valence electrons. The van der Waals surface area contributed by atoms with Crippen LogP contribution in [-0.4, -0.2) is 37.1 Å². The topological polar surface area (TPSA) is 118 Å². The van der Waals surface area contributed by atoms with Gasteiger partial charge >= 0.3 is 18.6 Å². The minimum Gasteiger partial charge on any atom is -2.00 e. The van der Waals surface area contributed by atoms with Crippen LogP contribution in [0.5, 0.6) is 11.5 Å². The van der Waals surface area contributed by atoms with Crippen molar-refractivity contribution in [2.75, 3.05) is 13.2 Å². The van der Waals surface area contributed by atoms with Crippen LogP contribution < -0.4 is 10.2 Å². The zero-order chi connectivity index (χ0) is 21.7. The standard InChI is InChI=1S/2C12H15NO2.O.V/c2*1-8(2)10-7-15-12(13-10)9-5-3-4-6-11(9)14;;/h2*3-6,8,10,14H,7H2,1-2H3;;/q;;-2;+4/p-2/t2*10-;;/m11../s1. The predicted molar refractivity (Wildman–Crippen MR) is 115 cm³/mol. The van der Waals surface area contributed by atoms with Crippen LogP contribution in [0.1, 0.15) is 38.8 Å². The molecule has 8 heteroatoms. The number of hydrogen-bond acceptors (Lipinski definition) is 6. The van der Waals surface area contributed by atoms with Crippen molar-refractivity contribution < 1.29 is 43.7 Å². The summed E-state index contributed by atoms with van der Waals surface area (Å²) >= 11 is 0. The Morgan fingerprint density at radius 1 is 0.719 bits per heavy atom. The van der Waals surface area contributed by atoms with Crippen LogP contribution in [-0.2, 0) is 33.5 Å². The van der Waals surface area contributed by atoms with Gasteiger partial charge in [0, 0.05) is 11.1 Å². The molecule has 0 N–H and O–H groups in total. The first-order valence-electron chi connectivity index (χ1n) is 10.3.